The average Bonchev–Trinajstić information content (AvgIpc) is 2.92. The lowest BCUT2D eigenvalue weighted by Gasteiger charge is -2.17. The van der Waals surface area contributed by atoms with E-state index in [1.807, 2.05) is 31.4 Å². The van der Waals surface area contributed by atoms with Gasteiger partial charge in [-0.3, -0.25) is 9.48 Å². The summed E-state index contributed by atoms with van der Waals surface area (Å²) < 4.78 is 12.2. The van der Waals surface area contributed by atoms with Gasteiger partial charge in [0.05, 0.1) is 26.8 Å². The first-order valence-corrected chi connectivity index (χ1v) is 6.96. The molecule has 1 heterocycles. The quantitative estimate of drug-likeness (QED) is 0.814. The number of nitrogens with zero attached hydrogens (tertiary/aromatic N) is 3. The molecule has 0 atom stereocenters. The molecule has 0 fully saturated rings. The third kappa shape index (κ3) is 3.78. The number of carbonyl (C=O) groups is 1. The van der Waals surface area contributed by atoms with Gasteiger partial charge in [-0.15, -0.1) is 0 Å². The first-order valence-electron chi connectivity index (χ1n) is 6.96. The van der Waals surface area contributed by atoms with Crippen molar-refractivity contribution in [2.45, 2.75) is 13.0 Å². The maximum Gasteiger partial charge on any atom is 0.227 e. The minimum absolute atomic E-state index is 0.0380. The van der Waals surface area contributed by atoms with E-state index in [2.05, 4.69) is 5.10 Å². The van der Waals surface area contributed by atoms with Gasteiger partial charge >= 0.3 is 0 Å². The van der Waals surface area contributed by atoms with Crippen LogP contribution in [0.5, 0.6) is 11.5 Å². The van der Waals surface area contributed by atoms with Gasteiger partial charge in [0, 0.05) is 32.4 Å². The highest BCUT2D eigenvalue weighted by Crippen LogP contribution is 2.27. The zero-order valence-corrected chi connectivity index (χ0v) is 13.4. The number of carbonyl (C=O) groups excluding carboxylic acids is 1. The highest BCUT2D eigenvalue weighted by Gasteiger charge is 2.13. The molecule has 0 aliphatic rings. The number of hydrogen-bond donors (Lipinski definition) is 0. The molecule has 0 bridgehead atoms. The maximum atomic E-state index is 12.3. The Kier molecular flexibility index (Phi) is 5.04. The minimum Gasteiger partial charge on any atom is -0.493 e. The van der Waals surface area contributed by atoms with Gasteiger partial charge in [-0.2, -0.15) is 5.10 Å². The van der Waals surface area contributed by atoms with Crippen LogP contribution in [0.25, 0.3) is 0 Å². The van der Waals surface area contributed by atoms with Crippen molar-refractivity contribution in [1.29, 1.82) is 0 Å². The second-order valence-electron chi connectivity index (χ2n) is 5.14. The van der Waals surface area contributed by atoms with Crippen LogP contribution in [-0.4, -0.2) is 41.9 Å². The van der Waals surface area contributed by atoms with Crippen LogP contribution in [0.2, 0.25) is 0 Å². The number of hydrogen-bond acceptors (Lipinski definition) is 4. The molecular weight excluding hydrogens is 282 g/mol. The molecule has 0 aliphatic heterocycles. The summed E-state index contributed by atoms with van der Waals surface area (Å²) in [6.45, 7) is 0.542. The van der Waals surface area contributed by atoms with Gasteiger partial charge in [-0.25, -0.2) is 0 Å². The molecule has 6 nitrogen and oxygen atoms in total. The largest absolute Gasteiger partial charge is 0.493 e. The Morgan fingerprint density at radius 2 is 1.95 bits per heavy atom. The molecule has 118 valence electrons. The number of likely N-dealkylation sites (N-methyl/N-ethyl adjacent to an activating group) is 1. The van der Waals surface area contributed by atoms with Crippen molar-refractivity contribution in [3.8, 4) is 11.5 Å². The van der Waals surface area contributed by atoms with Gasteiger partial charge in [0.1, 0.15) is 0 Å². The molecule has 1 amide bonds. The van der Waals surface area contributed by atoms with Crippen LogP contribution in [-0.2, 0) is 24.8 Å². The molecule has 0 aliphatic carbocycles. The number of aryl methyl sites for hydroxylation is 1. The summed E-state index contributed by atoms with van der Waals surface area (Å²) in [6.07, 6.45) is 3.98. The number of amides is 1. The zero-order chi connectivity index (χ0) is 16.1. The molecule has 2 rings (SSSR count). The predicted octanol–water partition coefficient (Wildman–Crippen LogP) is 1.64. The van der Waals surface area contributed by atoms with E-state index in [9.17, 15) is 4.79 Å². The predicted molar refractivity (Wildman–Crippen MR) is 82.9 cm³/mol. The second kappa shape index (κ2) is 6.98. The van der Waals surface area contributed by atoms with Crippen molar-refractivity contribution in [3.05, 3.63) is 41.7 Å². The minimum atomic E-state index is 0.0380. The molecule has 0 unspecified atom stereocenters. The van der Waals surface area contributed by atoms with Crippen LogP contribution in [0, 0.1) is 0 Å². The van der Waals surface area contributed by atoms with Gasteiger partial charge in [0.15, 0.2) is 11.5 Å². The Bertz CT molecular complexity index is 652. The lowest BCUT2D eigenvalue weighted by molar-refractivity contribution is -0.129. The van der Waals surface area contributed by atoms with Crippen LogP contribution in [0.4, 0.5) is 0 Å². The Morgan fingerprint density at radius 3 is 2.55 bits per heavy atom. The first kappa shape index (κ1) is 15.9. The fourth-order valence-electron chi connectivity index (χ4n) is 2.22. The number of ether oxygens (including phenoxy) is 2. The Hall–Kier alpha value is -2.50. The van der Waals surface area contributed by atoms with E-state index >= 15 is 0 Å². The standard InChI is InChI=1S/C16H21N3O3/c1-18(10-13-9-17-19(2)11-13)16(20)8-12-5-6-14(21-3)15(7-12)22-4/h5-7,9,11H,8,10H2,1-4H3. The van der Waals surface area contributed by atoms with Gasteiger partial charge in [0.2, 0.25) is 5.91 Å². The molecule has 1 aromatic carbocycles. The first-order chi connectivity index (χ1) is 10.5. The molecular formula is C16H21N3O3. The van der Waals surface area contributed by atoms with Crippen LogP contribution in [0.15, 0.2) is 30.6 Å². The van der Waals surface area contributed by atoms with E-state index in [0.29, 0.717) is 24.5 Å². The topological polar surface area (TPSA) is 56.6 Å². The van der Waals surface area contributed by atoms with E-state index in [1.54, 1.807) is 37.0 Å². The van der Waals surface area contributed by atoms with Crippen LogP contribution >= 0.6 is 0 Å². The summed E-state index contributed by atoms with van der Waals surface area (Å²) >= 11 is 0. The van der Waals surface area contributed by atoms with E-state index in [-0.39, 0.29) is 5.91 Å². The fourth-order valence-corrected chi connectivity index (χ4v) is 2.22. The molecule has 0 spiro atoms. The molecule has 6 heteroatoms. The molecule has 0 saturated heterocycles. The van der Waals surface area contributed by atoms with Crippen molar-refractivity contribution in [2.24, 2.45) is 7.05 Å². The van der Waals surface area contributed by atoms with E-state index in [0.717, 1.165) is 11.1 Å². The second-order valence-corrected chi connectivity index (χ2v) is 5.14. The van der Waals surface area contributed by atoms with Gasteiger partial charge in [-0.05, 0) is 17.7 Å². The number of benzene rings is 1. The Labute approximate surface area is 130 Å². The van der Waals surface area contributed by atoms with Crippen molar-refractivity contribution in [1.82, 2.24) is 14.7 Å². The molecule has 22 heavy (non-hydrogen) atoms. The van der Waals surface area contributed by atoms with E-state index < -0.39 is 0 Å². The lowest BCUT2D eigenvalue weighted by atomic mass is 10.1. The zero-order valence-electron chi connectivity index (χ0n) is 13.4. The van der Waals surface area contributed by atoms with Crippen LogP contribution in [0.3, 0.4) is 0 Å². The highest BCUT2D eigenvalue weighted by molar-refractivity contribution is 5.78. The number of methoxy groups -OCH3 is 2. The normalized spacial score (nSPS) is 10.4. The van der Waals surface area contributed by atoms with E-state index in [1.165, 1.54) is 0 Å². The van der Waals surface area contributed by atoms with Crippen molar-refractivity contribution >= 4 is 5.91 Å². The summed E-state index contributed by atoms with van der Waals surface area (Å²) in [7, 11) is 6.81. The van der Waals surface area contributed by atoms with Crippen molar-refractivity contribution in [3.63, 3.8) is 0 Å². The summed E-state index contributed by atoms with van der Waals surface area (Å²) in [5, 5.41) is 4.10. The highest BCUT2D eigenvalue weighted by atomic mass is 16.5. The fraction of sp³-hybridized carbons (Fsp3) is 0.375. The Balaban J connectivity index is 2.01. The third-order valence-electron chi connectivity index (χ3n) is 3.41. The summed E-state index contributed by atoms with van der Waals surface area (Å²) in [6, 6.07) is 5.51. The molecule has 0 radical (unpaired) electrons. The summed E-state index contributed by atoms with van der Waals surface area (Å²) in [5.74, 6) is 1.32. The van der Waals surface area contributed by atoms with Gasteiger partial charge in [-0.1, -0.05) is 6.07 Å². The van der Waals surface area contributed by atoms with Gasteiger partial charge in [0.25, 0.3) is 0 Å². The molecule has 0 saturated carbocycles. The Morgan fingerprint density at radius 1 is 1.23 bits per heavy atom. The third-order valence-corrected chi connectivity index (χ3v) is 3.41. The van der Waals surface area contributed by atoms with Crippen LogP contribution in [0.1, 0.15) is 11.1 Å². The number of rotatable bonds is 6. The SMILES string of the molecule is COc1ccc(CC(=O)N(C)Cc2cnn(C)c2)cc1OC. The van der Waals surface area contributed by atoms with Crippen molar-refractivity contribution in [2.75, 3.05) is 21.3 Å². The molecule has 1 aromatic heterocycles. The molecule has 0 N–H and O–H groups in total. The average molecular weight is 303 g/mol. The van der Waals surface area contributed by atoms with E-state index in [4.69, 9.17) is 9.47 Å². The van der Waals surface area contributed by atoms with Gasteiger partial charge < -0.3 is 14.4 Å². The van der Waals surface area contributed by atoms with Crippen LogP contribution < -0.4 is 9.47 Å². The monoisotopic (exact) mass is 303 g/mol. The smallest absolute Gasteiger partial charge is 0.227 e. The summed E-state index contributed by atoms with van der Waals surface area (Å²) in [5.41, 5.74) is 1.89. The maximum absolute atomic E-state index is 12.3. The number of aromatic nitrogens is 2. The lowest BCUT2D eigenvalue weighted by Crippen LogP contribution is -2.27. The molecule has 2 aromatic rings. The van der Waals surface area contributed by atoms with Crippen molar-refractivity contribution < 1.29 is 14.3 Å². The summed E-state index contributed by atoms with van der Waals surface area (Å²) in [4.78, 5) is 14.0.